The van der Waals surface area contributed by atoms with Crippen LogP contribution in [-0.2, 0) is 14.9 Å². The van der Waals surface area contributed by atoms with E-state index in [9.17, 15) is 17.8 Å². The number of hydrogen-bond acceptors (Lipinski definition) is 5. The highest BCUT2D eigenvalue weighted by molar-refractivity contribution is 7.86. The zero-order valence-electron chi connectivity index (χ0n) is 14.7. The molecule has 138 valence electrons. The molecule has 0 atom stereocenters. The molecule has 0 aliphatic heterocycles. The van der Waals surface area contributed by atoms with Crippen molar-refractivity contribution < 1.29 is 17.8 Å². The van der Waals surface area contributed by atoms with Gasteiger partial charge in [0.1, 0.15) is 10.6 Å². The van der Waals surface area contributed by atoms with E-state index in [1.54, 1.807) is 36.4 Å². The topological polar surface area (TPSA) is 108 Å². The number of benzene rings is 3. The summed E-state index contributed by atoms with van der Waals surface area (Å²) in [4.78, 5) is 11.2. The summed E-state index contributed by atoms with van der Waals surface area (Å²) >= 11 is 0. The van der Waals surface area contributed by atoms with Gasteiger partial charge in [-0.2, -0.15) is 8.42 Å². The highest BCUT2D eigenvalue weighted by Crippen LogP contribution is 2.33. The Balaban J connectivity index is 2.09. The lowest BCUT2D eigenvalue weighted by atomic mass is 10.1. The highest BCUT2D eigenvalue weighted by atomic mass is 32.2. The molecule has 0 fully saturated rings. The maximum Gasteiger partial charge on any atom is 0.295 e. The monoisotopic (exact) mass is 383 g/mol. The zero-order valence-corrected chi connectivity index (χ0v) is 15.5. The van der Waals surface area contributed by atoms with Crippen LogP contribution in [0.25, 0.3) is 10.8 Å². The highest BCUT2D eigenvalue weighted by Gasteiger charge is 2.14. The third-order valence-electron chi connectivity index (χ3n) is 3.87. The number of carbonyl (C=O) groups is 1. The van der Waals surface area contributed by atoms with Gasteiger partial charge in [-0.15, -0.1) is 10.2 Å². The van der Waals surface area contributed by atoms with E-state index >= 15 is 0 Å². The molecule has 0 aliphatic carbocycles. The van der Waals surface area contributed by atoms with Crippen molar-refractivity contribution in [1.82, 2.24) is 0 Å². The van der Waals surface area contributed by atoms with E-state index in [4.69, 9.17) is 0 Å². The van der Waals surface area contributed by atoms with E-state index in [1.807, 2.05) is 13.0 Å². The van der Waals surface area contributed by atoms with Crippen molar-refractivity contribution in [3.63, 3.8) is 0 Å². The minimum absolute atomic E-state index is 0.189. The number of hydrogen-bond donors (Lipinski definition) is 2. The quantitative estimate of drug-likeness (QED) is 0.500. The van der Waals surface area contributed by atoms with Crippen molar-refractivity contribution in [3.8, 4) is 0 Å². The van der Waals surface area contributed by atoms with Crippen LogP contribution in [0, 0.1) is 6.92 Å². The van der Waals surface area contributed by atoms with Gasteiger partial charge in [-0.25, -0.2) is 0 Å². The van der Waals surface area contributed by atoms with Crippen LogP contribution in [0.3, 0.4) is 0 Å². The fraction of sp³-hybridized carbons (Fsp3) is 0.105. The first kappa shape index (κ1) is 18.7. The van der Waals surface area contributed by atoms with Crippen molar-refractivity contribution in [3.05, 3.63) is 60.2 Å². The Bertz CT molecular complexity index is 1170. The first-order chi connectivity index (χ1) is 12.8. The smallest absolute Gasteiger partial charge is 0.295 e. The largest absolute Gasteiger partial charge is 0.324 e. The van der Waals surface area contributed by atoms with Crippen molar-refractivity contribution in [2.75, 3.05) is 5.32 Å². The molecule has 0 heterocycles. The summed E-state index contributed by atoms with van der Waals surface area (Å²) in [7, 11) is -4.36. The van der Waals surface area contributed by atoms with Crippen LogP contribution < -0.4 is 5.32 Å². The molecular formula is C19H17N3O4S. The molecule has 27 heavy (non-hydrogen) atoms. The van der Waals surface area contributed by atoms with Crippen LogP contribution in [0.1, 0.15) is 12.5 Å². The number of aryl methyl sites for hydroxylation is 1. The summed E-state index contributed by atoms with van der Waals surface area (Å²) in [5, 5.41) is 12.0. The van der Waals surface area contributed by atoms with Gasteiger partial charge >= 0.3 is 0 Å². The SMILES string of the molecule is CC(=O)Nc1cc(C)ccc1N=Nc1cccc2c(S(=O)(=O)O)cccc12. The standard InChI is InChI=1S/C19H17N3O4S/c1-12-9-10-17(18(11-12)20-13(2)23)22-21-16-7-3-6-15-14(16)5-4-8-19(15)27(24,25)26/h3-11H,1-2H3,(H,20,23)(H,24,25,26). The minimum Gasteiger partial charge on any atom is -0.324 e. The fourth-order valence-corrected chi connectivity index (χ4v) is 3.42. The number of nitrogens with zero attached hydrogens (tertiary/aromatic N) is 2. The number of carbonyl (C=O) groups excluding carboxylic acids is 1. The van der Waals surface area contributed by atoms with E-state index in [-0.39, 0.29) is 10.8 Å². The Hall–Kier alpha value is -3.10. The first-order valence-corrected chi connectivity index (χ1v) is 9.49. The Morgan fingerprint density at radius 1 is 0.963 bits per heavy atom. The molecule has 0 bridgehead atoms. The minimum atomic E-state index is -4.36. The molecule has 0 saturated carbocycles. The van der Waals surface area contributed by atoms with Crippen LogP contribution in [-0.4, -0.2) is 18.9 Å². The van der Waals surface area contributed by atoms with E-state index < -0.39 is 10.1 Å². The van der Waals surface area contributed by atoms with E-state index in [1.165, 1.54) is 19.1 Å². The average molecular weight is 383 g/mol. The van der Waals surface area contributed by atoms with Gasteiger partial charge in [0.05, 0.1) is 11.4 Å². The van der Waals surface area contributed by atoms with Crippen LogP contribution in [0.4, 0.5) is 17.1 Å². The van der Waals surface area contributed by atoms with E-state index in [0.717, 1.165) is 5.56 Å². The van der Waals surface area contributed by atoms with E-state index in [2.05, 4.69) is 15.5 Å². The molecule has 0 aliphatic rings. The van der Waals surface area contributed by atoms with Crippen molar-refractivity contribution >= 4 is 43.9 Å². The molecule has 0 unspecified atom stereocenters. The van der Waals surface area contributed by atoms with Crippen LogP contribution in [0.2, 0.25) is 0 Å². The van der Waals surface area contributed by atoms with Gasteiger partial charge in [-0.3, -0.25) is 9.35 Å². The van der Waals surface area contributed by atoms with Gasteiger partial charge in [0.15, 0.2) is 0 Å². The third-order valence-corrected chi connectivity index (χ3v) is 4.78. The number of fused-ring (bicyclic) bond motifs is 1. The fourth-order valence-electron chi connectivity index (χ4n) is 2.71. The lowest BCUT2D eigenvalue weighted by Crippen LogP contribution is -2.05. The number of rotatable bonds is 4. The summed E-state index contributed by atoms with van der Waals surface area (Å²) in [5.74, 6) is -0.222. The maximum absolute atomic E-state index is 11.6. The summed E-state index contributed by atoms with van der Waals surface area (Å²) in [5.41, 5.74) is 2.40. The van der Waals surface area contributed by atoms with E-state index in [0.29, 0.717) is 27.8 Å². The lowest BCUT2D eigenvalue weighted by Gasteiger charge is -2.07. The summed E-state index contributed by atoms with van der Waals surface area (Å²) in [6.07, 6.45) is 0. The molecule has 0 spiro atoms. The van der Waals surface area contributed by atoms with Gasteiger partial charge in [0.25, 0.3) is 10.1 Å². The maximum atomic E-state index is 11.6. The van der Waals surface area contributed by atoms with Gasteiger partial charge in [-0.1, -0.05) is 30.3 Å². The summed E-state index contributed by atoms with van der Waals surface area (Å²) in [6, 6.07) is 14.8. The molecule has 3 rings (SSSR count). The van der Waals surface area contributed by atoms with Crippen molar-refractivity contribution in [2.24, 2.45) is 10.2 Å². The molecular weight excluding hydrogens is 366 g/mol. The van der Waals surface area contributed by atoms with Gasteiger partial charge in [-0.05, 0) is 36.8 Å². The second-order valence-corrected chi connectivity index (χ2v) is 7.40. The predicted molar refractivity (Wildman–Crippen MR) is 103 cm³/mol. The van der Waals surface area contributed by atoms with Crippen LogP contribution in [0.5, 0.6) is 0 Å². The van der Waals surface area contributed by atoms with Gasteiger partial charge in [0.2, 0.25) is 5.91 Å². The second kappa shape index (κ2) is 7.26. The number of anilines is 1. The Labute approximate surface area is 156 Å². The molecule has 0 radical (unpaired) electrons. The molecule has 7 nitrogen and oxygen atoms in total. The molecule has 2 N–H and O–H groups in total. The van der Waals surface area contributed by atoms with Crippen LogP contribution >= 0.6 is 0 Å². The molecule has 1 amide bonds. The summed E-state index contributed by atoms with van der Waals surface area (Å²) in [6.45, 7) is 3.30. The molecule has 3 aromatic carbocycles. The molecule has 0 aromatic heterocycles. The van der Waals surface area contributed by atoms with Crippen molar-refractivity contribution in [2.45, 2.75) is 18.7 Å². The zero-order chi connectivity index (χ0) is 19.6. The molecule has 0 saturated heterocycles. The van der Waals surface area contributed by atoms with Gasteiger partial charge < -0.3 is 5.32 Å². The number of azo groups is 1. The lowest BCUT2D eigenvalue weighted by molar-refractivity contribution is -0.114. The number of amides is 1. The van der Waals surface area contributed by atoms with Crippen LogP contribution in [0.15, 0.2) is 69.7 Å². The Morgan fingerprint density at radius 2 is 1.63 bits per heavy atom. The normalized spacial score (nSPS) is 11.8. The Morgan fingerprint density at radius 3 is 2.33 bits per heavy atom. The molecule has 3 aromatic rings. The van der Waals surface area contributed by atoms with Gasteiger partial charge in [0, 0.05) is 17.7 Å². The Kier molecular flexibility index (Phi) is 5.02. The first-order valence-electron chi connectivity index (χ1n) is 8.05. The third kappa shape index (κ3) is 4.18. The molecule has 8 heteroatoms. The average Bonchev–Trinajstić information content (AvgIpc) is 2.59. The van der Waals surface area contributed by atoms with Crippen molar-refractivity contribution in [1.29, 1.82) is 0 Å². The predicted octanol–water partition coefficient (Wildman–Crippen LogP) is 4.77. The summed E-state index contributed by atoms with van der Waals surface area (Å²) < 4.78 is 32.6. The number of nitrogens with one attached hydrogen (secondary N) is 1. The second-order valence-electron chi connectivity index (χ2n) is 6.01.